The molecular formula is C27H34ClN3O4S. The number of amides is 3. The Balaban J connectivity index is 1.79. The van der Waals surface area contributed by atoms with E-state index in [4.69, 9.17) is 11.6 Å². The summed E-state index contributed by atoms with van der Waals surface area (Å²) in [5.41, 5.74) is 1.45. The van der Waals surface area contributed by atoms with Crippen molar-refractivity contribution < 1.29 is 19.5 Å². The van der Waals surface area contributed by atoms with Crippen molar-refractivity contribution in [1.29, 1.82) is 0 Å². The molecule has 5 atom stereocenters. The molecule has 3 fully saturated rings. The largest absolute Gasteiger partial charge is 0.396 e. The Morgan fingerprint density at radius 3 is 2.64 bits per heavy atom. The Bertz CT molecular complexity index is 1060. The van der Waals surface area contributed by atoms with E-state index < -0.39 is 22.6 Å². The van der Waals surface area contributed by atoms with E-state index in [9.17, 15) is 19.5 Å². The van der Waals surface area contributed by atoms with Crippen LogP contribution in [-0.4, -0.2) is 82.0 Å². The van der Waals surface area contributed by atoms with Gasteiger partial charge in [0, 0.05) is 38.5 Å². The van der Waals surface area contributed by atoms with Gasteiger partial charge in [0.15, 0.2) is 0 Å². The van der Waals surface area contributed by atoms with E-state index in [1.54, 1.807) is 51.7 Å². The molecule has 3 aliphatic heterocycles. The standard InChI is InChI=1S/C27H34ClN3O4S/c1-5-13-29(4)24(33)20-19-11-12-27(36-19)21(20)25(34)31(15-8-16-32)23(27)26(35)30(14-6-2)22-17(3)9-7-10-18(22)28/h5-7,9-10,19-21,23,32H,1-2,8,11-16H2,3-4H3/t19-,20+,21+,23?,27?/m1/s1. The zero-order valence-electron chi connectivity index (χ0n) is 20.9. The van der Waals surface area contributed by atoms with Crippen LogP contribution in [0.2, 0.25) is 5.02 Å². The molecule has 1 spiro atoms. The zero-order chi connectivity index (χ0) is 26.2. The number of carbonyl (C=O) groups excluding carboxylic acids is 3. The van der Waals surface area contributed by atoms with Crippen LogP contribution < -0.4 is 4.90 Å². The normalized spacial score (nSPS) is 28.2. The number of hydrogen-bond donors (Lipinski definition) is 1. The summed E-state index contributed by atoms with van der Waals surface area (Å²) < 4.78 is -0.696. The third-order valence-electron chi connectivity index (χ3n) is 7.69. The lowest BCUT2D eigenvalue weighted by atomic mass is 9.70. The molecule has 0 aliphatic carbocycles. The van der Waals surface area contributed by atoms with Gasteiger partial charge in [-0.05, 0) is 37.8 Å². The molecule has 1 aromatic rings. The summed E-state index contributed by atoms with van der Waals surface area (Å²) in [6.45, 7) is 10.3. The van der Waals surface area contributed by atoms with Gasteiger partial charge in [-0.2, -0.15) is 0 Å². The van der Waals surface area contributed by atoms with Gasteiger partial charge < -0.3 is 19.8 Å². The monoisotopic (exact) mass is 531 g/mol. The predicted molar refractivity (Wildman–Crippen MR) is 144 cm³/mol. The van der Waals surface area contributed by atoms with Crippen LogP contribution in [0.3, 0.4) is 0 Å². The number of aliphatic hydroxyl groups is 1. The fourth-order valence-corrected chi connectivity index (χ4v) is 8.80. The molecule has 194 valence electrons. The summed E-state index contributed by atoms with van der Waals surface area (Å²) in [6, 6.07) is 4.73. The molecule has 9 heteroatoms. The number of carbonyl (C=O) groups is 3. The molecule has 1 N–H and O–H groups in total. The number of nitrogens with zero attached hydrogens (tertiary/aromatic N) is 3. The Hall–Kier alpha value is -2.29. The van der Waals surface area contributed by atoms with Gasteiger partial charge in [-0.1, -0.05) is 35.9 Å². The Kier molecular flexibility index (Phi) is 7.88. The highest BCUT2D eigenvalue weighted by Crippen LogP contribution is 2.66. The van der Waals surface area contributed by atoms with Gasteiger partial charge in [0.25, 0.3) is 5.91 Å². The fraction of sp³-hybridized carbons (Fsp3) is 0.519. The Morgan fingerprint density at radius 2 is 2.00 bits per heavy atom. The SMILES string of the molecule is C=CCN(C)C(=O)[C@@H]1[C@H]2C(=O)N(CCCO)C(C(=O)N(CC=C)c3c(C)cccc3Cl)C23CC[C@H]1S3. The van der Waals surface area contributed by atoms with Crippen LogP contribution in [0, 0.1) is 18.8 Å². The first-order chi connectivity index (χ1) is 17.2. The predicted octanol–water partition coefficient (Wildman–Crippen LogP) is 3.29. The summed E-state index contributed by atoms with van der Waals surface area (Å²) in [6.07, 6.45) is 5.14. The molecule has 36 heavy (non-hydrogen) atoms. The molecule has 2 bridgehead atoms. The van der Waals surface area contributed by atoms with E-state index in [1.807, 2.05) is 19.1 Å². The van der Waals surface area contributed by atoms with Crippen molar-refractivity contribution in [1.82, 2.24) is 9.80 Å². The number of para-hydroxylation sites is 1. The topological polar surface area (TPSA) is 81.2 Å². The van der Waals surface area contributed by atoms with E-state index in [2.05, 4.69) is 13.2 Å². The Morgan fingerprint density at radius 1 is 1.28 bits per heavy atom. The van der Waals surface area contributed by atoms with E-state index in [0.29, 0.717) is 30.1 Å². The molecule has 1 aromatic carbocycles. The van der Waals surface area contributed by atoms with Crippen LogP contribution in [0.5, 0.6) is 0 Å². The zero-order valence-corrected chi connectivity index (χ0v) is 22.4. The highest BCUT2D eigenvalue weighted by atomic mass is 35.5. The van der Waals surface area contributed by atoms with Crippen LogP contribution in [0.4, 0.5) is 5.69 Å². The Labute approximate surface area is 222 Å². The number of rotatable bonds is 10. The lowest BCUT2D eigenvalue weighted by Crippen LogP contribution is -2.55. The lowest BCUT2D eigenvalue weighted by molar-refractivity contribution is -0.143. The van der Waals surface area contributed by atoms with Gasteiger partial charge in [-0.25, -0.2) is 0 Å². The van der Waals surface area contributed by atoms with Crippen molar-refractivity contribution in [2.45, 2.75) is 42.2 Å². The third-order valence-corrected chi connectivity index (χ3v) is 9.95. The molecule has 0 saturated carbocycles. The number of benzene rings is 1. The second kappa shape index (κ2) is 10.6. The molecule has 3 amide bonds. The molecule has 3 aliphatic rings. The second-order valence-electron chi connectivity index (χ2n) is 9.82. The summed E-state index contributed by atoms with van der Waals surface area (Å²) in [5.74, 6) is -1.53. The number of aliphatic hydroxyl groups excluding tert-OH is 1. The minimum absolute atomic E-state index is 0.0103. The highest BCUT2D eigenvalue weighted by Gasteiger charge is 2.74. The average Bonchev–Trinajstić information content (AvgIpc) is 3.48. The first-order valence-corrected chi connectivity index (χ1v) is 13.6. The summed E-state index contributed by atoms with van der Waals surface area (Å²) in [5, 5.41) is 9.99. The molecule has 3 heterocycles. The van der Waals surface area contributed by atoms with Crippen LogP contribution in [0.15, 0.2) is 43.5 Å². The number of halogens is 1. The maximum absolute atomic E-state index is 14.4. The smallest absolute Gasteiger partial charge is 0.251 e. The quantitative estimate of drug-likeness (QED) is 0.469. The minimum Gasteiger partial charge on any atom is -0.396 e. The van der Waals surface area contributed by atoms with Crippen molar-refractivity contribution in [3.05, 3.63) is 54.1 Å². The van der Waals surface area contributed by atoms with Gasteiger partial charge in [0.1, 0.15) is 6.04 Å². The number of fused-ring (bicyclic) bond motifs is 1. The van der Waals surface area contributed by atoms with Crippen LogP contribution >= 0.6 is 23.4 Å². The molecule has 7 nitrogen and oxygen atoms in total. The van der Waals surface area contributed by atoms with Crippen LogP contribution in [0.25, 0.3) is 0 Å². The maximum atomic E-state index is 14.4. The van der Waals surface area contributed by atoms with Gasteiger partial charge in [0.2, 0.25) is 11.8 Å². The van der Waals surface area contributed by atoms with E-state index in [0.717, 1.165) is 12.0 Å². The van der Waals surface area contributed by atoms with Crippen LogP contribution in [-0.2, 0) is 14.4 Å². The average molecular weight is 532 g/mol. The second-order valence-corrected chi connectivity index (χ2v) is 11.8. The number of aryl methyl sites for hydroxylation is 1. The molecule has 0 aromatic heterocycles. The van der Waals surface area contributed by atoms with Gasteiger partial charge >= 0.3 is 0 Å². The van der Waals surface area contributed by atoms with Gasteiger partial charge in [0.05, 0.1) is 27.3 Å². The van der Waals surface area contributed by atoms with Crippen molar-refractivity contribution >= 4 is 46.8 Å². The summed E-state index contributed by atoms with van der Waals surface area (Å²) in [7, 11) is 1.73. The summed E-state index contributed by atoms with van der Waals surface area (Å²) >= 11 is 8.20. The molecule has 2 unspecified atom stereocenters. The number of anilines is 1. The van der Waals surface area contributed by atoms with Crippen LogP contribution in [0.1, 0.15) is 24.8 Å². The summed E-state index contributed by atoms with van der Waals surface area (Å²) in [4.78, 5) is 46.7. The number of likely N-dealkylation sites (tertiary alicyclic amines) is 1. The molecule has 0 radical (unpaired) electrons. The number of hydrogen-bond acceptors (Lipinski definition) is 5. The van der Waals surface area contributed by atoms with Gasteiger partial charge in [-0.3, -0.25) is 14.4 Å². The first-order valence-electron chi connectivity index (χ1n) is 12.4. The number of thioether (sulfide) groups is 1. The highest BCUT2D eigenvalue weighted by molar-refractivity contribution is 8.02. The molecule has 3 saturated heterocycles. The van der Waals surface area contributed by atoms with Crippen molar-refractivity contribution in [2.24, 2.45) is 11.8 Å². The van der Waals surface area contributed by atoms with Crippen molar-refractivity contribution in [3.8, 4) is 0 Å². The first kappa shape index (κ1) is 26.8. The van der Waals surface area contributed by atoms with E-state index >= 15 is 0 Å². The van der Waals surface area contributed by atoms with E-state index in [-0.39, 0.29) is 42.7 Å². The lowest BCUT2D eigenvalue weighted by Gasteiger charge is -2.38. The molecular weight excluding hydrogens is 498 g/mol. The third kappa shape index (κ3) is 4.17. The molecule has 4 rings (SSSR count). The number of likely N-dealkylation sites (N-methyl/N-ethyl adjacent to an activating group) is 1. The van der Waals surface area contributed by atoms with Crippen molar-refractivity contribution in [2.75, 3.05) is 38.2 Å². The van der Waals surface area contributed by atoms with Gasteiger partial charge in [-0.15, -0.1) is 24.9 Å². The minimum atomic E-state index is -0.755. The van der Waals surface area contributed by atoms with E-state index in [1.165, 1.54) is 0 Å². The van der Waals surface area contributed by atoms with Crippen molar-refractivity contribution in [3.63, 3.8) is 0 Å². The maximum Gasteiger partial charge on any atom is 0.251 e. The fourth-order valence-electron chi connectivity index (χ4n) is 6.27.